The smallest absolute Gasteiger partial charge is 0.258 e. The molecule has 0 saturated heterocycles. The minimum absolute atomic E-state index is 0.0221. The Labute approximate surface area is 225 Å². The molecule has 0 fully saturated rings. The second-order valence-electron chi connectivity index (χ2n) is 9.07. The van der Waals surface area contributed by atoms with Crippen LogP contribution in [0.4, 0.5) is 0 Å². The largest absolute Gasteiger partial charge is 0.307 e. The van der Waals surface area contributed by atoms with Crippen LogP contribution in [0.3, 0.4) is 0 Å². The van der Waals surface area contributed by atoms with Crippen LogP contribution in [0.15, 0.2) is 88.6 Å². The minimum atomic E-state index is -3.65. The van der Waals surface area contributed by atoms with Crippen molar-refractivity contribution in [1.82, 2.24) is 9.29 Å². The summed E-state index contributed by atoms with van der Waals surface area (Å²) in [6.45, 7) is 0.926. The molecule has 8 heteroatoms. The average molecular weight is 554 g/mol. The first-order valence-electron chi connectivity index (χ1n) is 12.2. The highest BCUT2D eigenvalue weighted by Crippen LogP contribution is 2.30. The van der Waals surface area contributed by atoms with E-state index in [1.165, 1.54) is 18.2 Å². The van der Waals surface area contributed by atoms with Crippen LogP contribution in [0, 0.1) is 0 Å². The van der Waals surface area contributed by atoms with Crippen molar-refractivity contribution >= 4 is 65.7 Å². The first-order valence-corrected chi connectivity index (χ1v) is 14.5. The normalized spacial score (nSPS) is 12.1. The third-order valence-electron chi connectivity index (χ3n) is 6.67. The van der Waals surface area contributed by atoms with E-state index in [4.69, 9.17) is 23.2 Å². The summed E-state index contributed by atoms with van der Waals surface area (Å²) in [5, 5.41) is 5.46. The summed E-state index contributed by atoms with van der Waals surface area (Å²) in [4.78, 5) is 13.6. The predicted octanol–water partition coefficient (Wildman–Crippen LogP) is 7.15. The second kappa shape index (κ2) is 10.8. The van der Waals surface area contributed by atoms with Gasteiger partial charge in [0.15, 0.2) is 0 Å². The summed E-state index contributed by atoms with van der Waals surface area (Å²) in [5.41, 5.74) is 0.991. The quantitative estimate of drug-likeness (QED) is 0.156. The van der Waals surface area contributed by atoms with Gasteiger partial charge in [-0.2, -0.15) is 0 Å². The molecule has 0 unspecified atom stereocenters. The van der Waals surface area contributed by atoms with Gasteiger partial charge in [-0.1, -0.05) is 90.6 Å². The number of nitrogens with one attached hydrogen (secondary N) is 1. The second-order valence-corrected chi connectivity index (χ2v) is 11.7. The van der Waals surface area contributed by atoms with E-state index in [2.05, 4.69) is 29.0 Å². The van der Waals surface area contributed by atoms with Crippen LogP contribution in [0.1, 0.15) is 25.7 Å². The molecule has 5 rings (SSSR count). The summed E-state index contributed by atoms with van der Waals surface area (Å²) in [6.07, 6.45) is 3.22. The Morgan fingerprint density at radius 3 is 2.19 bits per heavy atom. The van der Waals surface area contributed by atoms with Crippen LogP contribution in [0.2, 0.25) is 10.0 Å². The molecule has 1 heterocycles. The Hall–Kier alpha value is -2.90. The monoisotopic (exact) mass is 552 g/mol. The molecule has 5 aromatic rings. The zero-order chi connectivity index (χ0) is 26.0. The number of rotatable bonds is 9. The van der Waals surface area contributed by atoms with Gasteiger partial charge in [0, 0.05) is 29.2 Å². The summed E-state index contributed by atoms with van der Waals surface area (Å²) < 4.78 is 29.5. The number of unbranched alkanes of at least 4 members (excludes halogenated alkanes) is 3. The van der Waals surface area contributed by atoms with Crippen molar-refractivity contribution in [2.24, 2.45) is 0 Å². The standard InChI is InChI=1S/C29H26Cl2N2O3S/c30-26-16-14-21(19-27(26)31)37(35,36)32-17-7-1-2-8-18-33-28-22-10-4-3-9-20(22)13-15-24(28)23-11-5-6-12-25(23)29(33)34/h3-6,9-16,19,32H,1-2,7-8,17-18H2. The van der Waals surface area contributed by atoms with Gasteiger partial charge in [0.1, 0.15) is 0 Å². The van der Waals surface area contributed by atoms with Crippen molar-refractivity contribution in [2.45, 2.75) is 37.1 Å². The number of benzene rings is 4. The molecule has 37 heavy (non-hydrogen) atoms. The molecule has 0 saturated carbocycles. The zero-order valence-electron chi connectivity index (χ0n) is 20.1. The summed E-state index contributed by atoms with van der Waals surface area (Å²) >= 11 is 11.8. The third-order valence-corrected chi connectivity index (χ3v) is 8.86. The summed E-state index contributed by atoms with van der Waals surface area (Å²) in [7, 11) is -3.65. The van der Waals surface area contributed by atoms with Gasteiger partial charge in [-0.05, 0) is 47.9 Å². The van der Waals surface area contributed by atoms with Crippen molar-refractivity contribution in [2.75, 3.05) is 6.54 Å². The van der Waals surface area contributed by atoms with E-state index in [1.807, 2.05) is 41.0 Å². The van der Waals surface area contributed by atoms with Crippen LogP contribution in [-0.2, 0) is 16.6 Å². The number of hydrogen-bond acceptors (Lipinski definition) is 3. The fourth-order valence-electron chi connectivity index (χ4n) is 4.81. The molecule has 0 aliphatic rings. The number of halogens is 2. The molecule has 0 aliphatic heterocycles. The minimum Gasteiger partial charge on any atom is -0.307 e. The van der Waals surface area contributed by atoms with E-state index in [0.29, 0.717) is 24.5 Å². The summed E-state index contributed by atoms with van der Waals surface area (Å²) in [6, 6.07) is 24.4. The highest BCUT2D eigenvalue weighted by Gasteiger charge is 2.15. The van der Waals surface area contributed by atoms with Crippen molar-refractivity contribution in [3.63, 3.8) is 0 Å². The van der Waals surface area contributed by atoms with Gasteiger partial charge in [-0.25, -0.2) is 13.1 Å². The molecule has 1 N–H and O–H groups in total. The van der Waals surface area contributed by atoms with E-state index in [-0.39, 0.29) is 15.5 Å². The Bertz CT molecular complexity index is 1780. The molecule has 4 aromatic carbocycles. The SMILES string of the molecule is O=c1c2ccccc2c2ccc3ccccc3c2n1CCCCCCNS(=O)(=O)c1ccc(Cl)c(Cl)c1. The molecule has 0 spiro atoms. The van der Waals surface area contributed by atoms with Gasteiger partial charge in [-0.15, -0.1) is 0 Å². The number of nitrogens with zero attached hydrogens (tertiary/aromatic N) is 1. The maximum atomic E-state index is 13.5. The Kier molecular flexibility index (Phi) is 7.54. The number of pyridine rings is 1. The maximum absolute atomic E-state index is 13.5. The highest BCUT2D eigenvalue weighted by atomic mass is 35.5. The lowest BCUT2D eigenvalue weighted by Gasteiger charge is -2.15. The molecule has 0 bridgehead atoms. The van der Waals surface area contributed by atoms with Crippen molar-refractivity contribution in [3.8, 4) is 0 Å². The molecule has 190 valence electrons. The van der Waals surface area contributed by atoms with Crippen LogP contribution in [-0.4, -0.2) is 19.5 Å². The van der Waals surface area contributed by atoms with E-state index < -0.39 is 10.0 Å². The van der Waals surface area contributed by atoms with Gasteiger partial charge in [0.25, 0.3) is 5.56 Å². The molecular weight excluding hydrogens is 527 g/mol. The van der Waals surface area contributed by atoms with Crippen LogP contribution >= 0.6 is 23.2 Å². The topological polar surface area (TPSA) is 68.2 Å². The Morgan fingerprint density at radius 2 is 1.41 bits per heavy atom. The lowest BCUT2D eigenvalue weighted by molar-refractivity contribution is 0.557. The van der Waals surface area contributed by atoms with E-state index in [9.17, 15) is 13.2 Å². The van der Waals surface area contributed by atoms with Gasteiger partial charge in [0.05, 0.1) is 20.5 Å². The van der Waals surface area contributed by atoms with E-state index >= 15 is 0 Å². The summed E-state index contributed by atoms with van der Waals surface area (Å²) in [5.74, 6) is 0. The molecule has 0 atom stereocenters. The molecule has 0 radical (unpaired) electrons. The molecule has 0 aliphatic carbocycles. The fourth-order valence-corrected chi connectivity index (χ4v) is 6.27. The van der Waals surface area contributed by atoms with Gasteiger partial charge in [0.2, 0.25) is 10.0 Å². The Balaban J connectivity index is 1.27. The lowest BCUT2D eigenvalue weighted by Crippen LogP contribution is -2.24. The highest BCUT2D eigenvalue weighted by molar-refractivity contribution is 7.89. The van der Waals surface area contributed by atoms with Crippen molar-refractivity contribution in [1.29, 1.82) is 0 Å². The number of sulfonamides is 1. The van der Waals surface area contributed by atoms with Crippen LogP contribution in [0.5, 0.6) is 0 Å². The third kappa shape index (κ3) is 5.25. The first-order chi connectivity index (χ1) is 17.9. The average Bonchev–Trinajstić information content (AvgIpc) is 2.91. The van der Waals surface area contributed by atoms with Gasteiger partial charge >= 0.3 is 0 Å². The number of hydrogen-bond donors (Lipinski definition) is 1. The maximum Gasteiger partial charge on any atom is 0.258 e. The van der Waals surface area contributed by atoms with Crippen LogP contribution in [0.25, 0.3) is 32.4 Å². The fraction of sp³-hybridized carbons (Fsp3) is 0.207. The zero-order valence-corrected chi connectivity index (χ0v) is 22.4. The van der Waals surface area contributed by atoms with Gasteiger partial charge < -0.3 is 4.57 Å². The molecule has 0 amide bonds. The van der Waals surface area contributed by atoms with Gasteiger partial charge in [-0.3, -0.25) is 4.79 Å². The van der Waals surface area contributed by atoms with Crippen LogP contribution < -0.4 is 10.3 Å². The predicted molar refractivity (Wildman–Crippen MR) is 153 cm³/mol. The van der Waals surface area contributed by atoms with E-state index in [0.717, 1.165) is 51.7 Å². The molecule has 5 nitrogen and oxygen atoms in total. The number of aryl methyl sites for hydroxylation is 1. The van der Waals surface area contributed by atoms with Crippen molar-refractivity contribution < 1.29 is 8.42 Å². The van der Waals surface area contributed by atoms with E-state index in [1.54, 1.807) is 0 Å². The molecular formula is C29H26Cl2N2O3S. The number of aromatic nitrogens is 1. The van der Waals surface area contributed by atoms with Crippen molar-refractivity contribution in [3.05, 3.63) is 99.3 Å². The first kappa shape index (κ1) is 25.7. The Morgan fingerprint density at radius 1 is 0.703 bits per heavy atom. The number of fused-ring (bicyclic) bond motifs is 5. The lowest BCUT2D eigenvalue weighted by atomic mass is 10.0. The molecule has 1 aromatic heterocycles.